The minimum absolute atomic E-state index is 0.279. The van der Waals surface area contributed by atoms with Gasteiger partial charge in [0, 0.05) is 5.71 Å². The lowest BCUT2D eigenvalue weighted by Crippen LogP contribution is -2.29. The van der Waals surface area contributed by atoms with Gasteiger partial charge in [-0.25, -0.2) is 5.43 Å². The third-order valence-corrected chi connectivity index (χ3v) is 4.64. The van der Waals surface area contributed by atoms with E-state index in [1.807, 2.05) is 0 Å². The number of hydrogen-bond acceptors (Lipinski definition) is 3. The number of rotatable bonds is 4. The van der Waals surface area contributed by atoms with Crippen molar-refractivity contribution in [1.29, 1.82) is 0 Å². The topological polar surface area (TPSA) is 54.6 Å². The third-order valence-electron chi connectivity index (χ3n) is 4.64. The number of nitrogens with one attached hydrogen (secondary N) is 1. The second-order valence-corrected chi connectivity index (χ2v) is 6.21. The van der Waals surface area contributed by atoms with Gasteiger partial charge in [0.05, 0.1) is 6.26 Å². The number of furan rings is 1. The summed E-state index contributed by atoms with van der Waals surface area (Å²) < 4.78 is 5.03. The molecule has 0 spiro atoms. The van der Waals surface area contributed by atoms with Gasteiger partial charge in [-0.05, 0) is 49.1 Å². The van der Waals surface area contributed by atoms with E-state index in [-0.39, 0.29) is 5.91 Å². The van der Waals surface area contributed by atoms with Crippen LogP contribution in [0.1, 0.15) is 63.4 Å². The van der Waals surface area contributed by atoms with Crippen molar-refractivity contribution in [3.8, 4) is 0 Å². The summed E-state index contributed by atoms with van der Waals surface area (Å²) in [6.45, 7) is 6.95. The van der Waals surface area contributed by atoms with Crippen molar-refractivity contribution < 1.29 is 9.21 Å². The first-order valence-electron chi connectivity index (χ1n) is 7.42. The van der Waals surface area contributed by atoms with Gasteiger partial charge in [0.1, 0.15) is 0 Å². The van der Waals surface area contributed by atoms with Crippen LogP contribution in [0.15, 0.2) is 27.9 Å². The molecule has 4 nitrogen and oxygen atoms in total. The van der Waals surface area contributed by atoms with E-state index in [9.17, 15) is 4.79 Å². The smallest absolute Gasteiger partial charge is 0.307 e. The van der Waals surface area contributed by atoms with Gasteiger partial charge in [-0.2, -0.15) is 5.10 Å². The molecular formula is C16H24N2O2. The van der Waals surface area contributed by atoms with Crippen LogP contribution in [0.3, 0.4) is 0 Å². The maximum absolute atomic E-state index is 11.7. The molecule has 20 heavy (non-hydrogen) atoms. The summed E-state index contributed by atoms with van der Waals surface area (Å²) in [6, 6.07) is 3.33. The summed E-state index contributed by atoms with van der Waals surface area (Å²) in [5.41, 5.74) is 4.07. The monoisotopic (exact) mass is 276 g/mol. The molecule has 0 bridgehead atoms. The lowest BCUT2D eigenvalue weighted by Gasteiger charge is -2.36. The van der Waals surface area contributed by atoms with Crippen LogP contribution in [0.4, 0.5) is 0 Å². The Bertz CT molecular complexity index is 465. The molecule has 0 atom stereocenters. The van der Waals surface area contributed by atoms with Crippen molar-refractivity contribution >= 4 is 11.6 Å². The molecule has 4 heteroatoms. The average Bonchev–Trinajstić information content (AvgIpc) is 2.99. The minimum atomic E-state index is -0.279. The summed E-state index contributed by atoms with van der Waals surface area (Å²) in [6.07, 6.45) is 6.98. The van der Waals surface area contributed by atoms with Gasteiger partial charge in [0.25, 0.3) is 0 Å². The lowest BCUT2D eigenvalue weighted by atomic mass is 9.69. The lowest BCUT2D eigenvalue weighted by molar-refractivity contribution is 0.0926. The fourth-order valence-corrected chi connectivity index (χ4v) is 2.73. The minimum Gasteiger partial charge on any atom is -0.459 e. The summed E-state index contributed by atoms with van der Waals surface area (Å²) in [4.78, 5) is 11.7. The van der Waals surface area contributed by atoms with Gasteiger partial charge in [0.2, 0.25) is 0 Å². The van der Waals surface area contributed by atoms with E-state index >= 15 is 0 Å². The number of amides is 1. The van der Waals surface area contributed by atoms with Crippen LogP contribution >= 0.6 is 0 Å². The van der Waals surface area contributed by atoms with E-state index < -0.39 is 0 Å². The number of hydrogen-bond donors (Lipinski definition) is 1. The van der Waals surface area contributed by atoms with Gasteiger partial charge in [-0.15, -0.1) is 0 Å². The first kappa shape index (κ1) is 14.8. The van der Waals surface area contributed by atoms with Crippen LogP contribution in [-0.2, 0) is 0 Å². The molecule has 0 aliphatic heterocycles. The van der Waals surface area contributed by atoms with E-state index in [0.29, 0.717) is 11.2 Å². The van der Waals surface area contributed by atoms with Crippen LogP contribution < -0.4 is 5.43 Å². The van der Waals surface area contributed by atoms with E-state index in [2.05, 4.69) is 31.3 Å². The fraction of sp³-hybridized carbons (Fsp3) is 0.625. The zero-order chi connectivity index (χ0) is 14.6. The first-order valence-corrected chi connectivity index (χ1v) is 7.42. The van der Waals surface area contributed by atoms with Crippen LogP contribution in [0, 0.1) is 11.3 Å². The predicted octanol–water partition coefficient (Wildman–Crippen LogP) is 3.99. The number of hydrazone groups is 1. The van der Waals surface area contributed by atoms with Gasteiger partial charge < -0.3 is 4.42 Å². The van der Waals surface area contributed by atoms with Crippen molar-refractivity contribution in [2.45, 2.75) is 52.9 Å². The molecule has 1 aliphatic rings. The second-order valence-electron chi connectivity index (χ2n) is 6.21. The molecule has 1 amide bonds. The Balaban J connectivity index is 1.85. The van der Waals surface area contributed by atoms with E-state index in [0.717, 1.165) is 37.3 Å². The van der Waals surface area contributed by atoms with Crippen molar-refractivity contribution in [1.82, 2.24) is 5.43 Å². The molecule has 0 saturated heterocycles. The third kappa shape index (κ3) is 3.50. The van der Waals surface area contributed by atoms with Crippen molar-refractivity contribution in [3.05, 3.63) is 24.2 Å². The average molecular weight is 276 g/mol. The van der Waals surface area contributed by atoms with E-state index in [1.165, 1.54) is 12.7 Å². The second kappa shape index (κ2) is 6.25. The van der Waals surface area contributed by atoms with E-state index in [4.69, 9.17) is 4.42 Å². The Morgan fingerprint density at radius 1 is 1.45 bits per heavy atom. The molecule has 110 valence electrons. The fourth-order valence-electron chi connectivity index (χ4n) is 2.73. The zero-order valence-corrected chi connectivity index (χ0v) is 12.6. The van der Waals surface area contributed by atoms with Gasteiger partial charge in [0.15, 0.2) is 5.76 Å². The summed E-state index contributed by atoms with van der Waals surface area (Å²) >= 11 is 0. The Kier molecular flexibility index (Phi) is 4.63. The van der Waals surface area contributed by atoms with Crippen LogP contribution in [0.2, 0.25) is 0 Å². The maximum Gasteiger partial charge on any atom is 0.307 e. The Labute approximate surface area is 120 Å². The molecule has 1 N–H and O–H groups in total. The van der Waals surface area contributed by atoms with Crippen LogP contribution in [0.5, 0.6) is 0 Å². The molecule has 1 aromatic heterocycles. The highest BCUT2D eigenvalue weighted by Crippen LogP contribution is 2.39. The van der Waals surface area contributed by atoms with Gasteiger partial charge in [-0.3, -0.25) is 4.79 Å². The highest BCUT2D eigenvalue weighted by Gasteiger charge is 2.30. The number of nitrogens with zero attached hydrogens (tertiary/aromatic N) is 1. The van der Waals surface area contributed by atoms with E-state index in [1.54, 1.807) is 12.1 Å². The molecule has 1 aliphatic carbocycles. The number of carbonyl (C=O) groups excluding carboxylic acids is 1. The zero-order valence-electron chi connectivity index (χ0n) is 12.6. The highest BCUT2D eigenvalue weighted by atomic mass is 16.3. The molecule has 0 aromatic carbocycles. The molecule has 0 unspecified atom stereocenters. The molecule has 0 radical (unpaired) electrons. The standard InChI is InChI=1S/C16H24N2O2/c1-4-16(2,3)12-7-9-13(10-8-12)17-18-15(19)14-6-5-11-20-14/h5-6,11-12H,4,7-10H2,1-3H3,(H,18,19). The molecule has 1 aromatic rings. The van der Waals surface area contributed by atoms with Gasteiger partial charge >= 0.3 is 5.91 Å². The molecule has 1 fully saturated rings. The molecule has 2 rings (SSSR count). The van der Waals surface area contributed by atoms with Crippen LogP contribution in [-0.4, -0.2) is 11.6 Å². The first-order chi connectivity index (χ1) is 9.53. The summed E-state index contributed by atoms with van der Waals surface area (Å²) in [5.74, 6) is 0.779. The Morgan fingerprint density at radius 3 is 2.70 bits per heavy atom. The highest BCUT2D eigenvalue weighted by molar-refractivity contribution is 5.93. The Morgan fingerprint density at radius 2 is 2.15 bits per heavy atom. The summed E-state index contributed by atoms with van der Waals surface area (Å²) in [5, 5.41) is 4.24. The quantitative estimate of drug-likeness (QED) is 0.845. The molecule has 1 saturated carbocycles. The summed E-state index contributed by atoms with van der Waals surface area (Å²) in [7, 11) is 0. The molecule has 1 heterocycles. The van der Waals surface area contributed by atoms with Crippen molar-refractivity contribution in [2.24, 2.45) is 16.4 Å². The van der Waals surface area contributed by atoms with Crippen molar-refractivity contribution in [2.75, 3.05) is 0 Å². The largest absolute Gasteiger partial charge is 0.459 e. The molecular weight excluding hydrogens is 252 g/mol. The normalized spacial score (nSPS) is 19.8. The SMILES string of the molecule is CCC(C)(C)C1CCC(=NNC(=O)c2ccco2)CC1. The van der Waals surface area contributed by atoms with Crippen LogP contribution in [0.25, 0.3) is 0 Å². The van der Waals surface area contributed by atoms with Gasteiger partial charge in [-0.1, -0.05) is 27.2 Å². The predicted molar refractivity (Wildman–Crippen MR) is 79.6 cm³/mol. The van der Waals surface area contributed by atoms with Crippen molar-refractivity contribution in [3.63, 3.8) is 0 Å². The number of carbonyl (C=O) groups is 1. The maximum atomic E-state index is 11.7. The Hall–Kier alpha value is -1.58.